The van der Waals surface area contributed by atoms with Gasteiger partial charge in [-0.2, -0.15) is 0 Å². The molecular formula is C32H36N4O8. The molecule has 1 aromatic heterocycles. The summed E-state index contributed by atoms with van der Waals surface area (Å²) in [4.78, 5) is 38.0. The van der Waals surface area contributed by atoms with Gasteiger partial charge in [0, 0.05) is 18.3 Å². The van der Waals surface area contributed by atoms with Crippen molar-refractivity contribution >= 4 is 34.6 Å². The lowest BCUT2D eigenvalue weighted by Gasteiger charge is -2.32. The first-order valence-electron chi connectivity index (χ1n) is 14.1. The average molecular weight is 605 g/mol. The quantitative estimate of drug-likeness (QED) is 0.225. The molecule has 1 aliphatic rings. The first kappa shape index (κ1) is 31.8. The predicted molar refractivity (Wildman–Crippen MR) is 163 cm³/mol. The number of para-hydroxylation sites is 3. The Hall–Kier alpha value is -5.10. The summed E-state index contributed by atoms with van der Waals surface area (Å²) in [6.45, 7) is 3.44. The van der Waals surface area contributed by atoms with Crippen molar-refractivity contribution in [1.82, 2.24) is 14.5 Å². The summed E-state index contributed by atoms with van der Waals surface area (Å²) in [6, 6.07) is 23.5. The van der Waals surface area contributed by atoms with Gasteiger partial charge in [0.25, 0.3) is 0 Å². The average Bonchev–Trinajstić information content (AvgIpc) is 3.38. The number of carbonyl (C=O) groups excluding carboxylic acids is 1. The number of nitrogens with zero attached hydrogens (tertiary/aromatic N) is 3. The van der Waals surface area contributed by atoms with Crippen LogP contribution in [0.3, 0.4) is 0 Å². The van der Waals surface area contributed by atoms with E-state index in [1.54, 1.807) is 26.4 Å². The maximum absolute atomic E-state index is 12.7. The van der Waals surface area contributed by atoms with E-state index in [0.29, 0.717) is 36.3 Å². The Kier molecular flexibility index (Phi) is 11.1. The Balaban J connectivity index is 0.000000670. The minimum Gasteiger partial charge on any atom is -0.493 e. The summed E-state index contributed by atoms with van der Waals surface area (Å²) >= 11 is 0. The number of carboxylic acid groups (broad SMARTS) is 2. The molecule has 12 nitrogen and oxygen atoms in total. The maximum Gasteiger partial charge on any atom is 0.414 e. The number of hydrogen-bond donors (Lipinski definition) is 3. The molecule has 44 heavy (non-hydrogen) atoms. The third-order valence-electron chi connectivity index (χ3n) is 7.21. The number of nitrogens with one attached hydrogen (secondary N) is 1. The van der Waals surface area contributed by atoms with E-state index in [1.165, 1.54) is 0 Å². The zero-order valence-electron chi connectivity index (χ0n) is 24.6. The molecule has 12 heteroatoms. The Bertz CT molecular complexity index is 1550. The summed E-state index contributed by atoms with van der Waals surface area (Å²) in [5.41, 5.74) is 2.82. The Labute approximate surface area is 254 Å². The van der Waals surface area contributed by atoms with Gasteiger partial charge >= 0.3 is 11.9 Å². The molecule has 0 aliphatic carbocycles. The number of aliphatic carboxylic acids is 2. The van der Waals surface area contributed by atoms with Crippen LogP contribution in [0.1, 0.15) is 18.7 Å². The Morgan fingerprint density at radius 3 is 2.20 bits per heavy atom. The first-order valence-corrected chi connectivity index (χ1v) is 14.1. The molecule has 1 aliphatic heterocycles. The van der Waals surface area contributed by atoms with Crippen molar-refractivity contribution in [3.05, 3.63) is 78.6 Å². The van der Waals surface area contributed by atoms with E-state index in [0.717, 1.165) is 55.1 Å². The van der Waals surface area contributed by atoms with Gasteiger partial charge in [-0.15, -0.1) is 0 Å². The van der Waals surface area contributed by atoms with Crippen molar-refractivity contribution in [3.8, 4) is 17.2 Å². The number of ether oxygens (including phenoxy) is 3. The number of rotatable bonds is 10. The number of fused-ring (bicyclic) bond motifs is 1. The summed E-state index contributed by atoms with van der Waals surface area (Å²) < 4.78 is 19.0. The van der Waals surface area contributed by atoms with Crippen LogP contribution in [0.2, 0.25) is 0 Å². The van der Waals surface area contributed by atoms with Gasteiger partial charge in [0.2, 0.25) is 5.91 Å². The summed E-state index contributed by atoms with van der Waals surface area (Å²) in [5.74, 6) is -0.174. The van der Waals surface area contributed by atoms with E-state index in [1.807, 2.05) is 42.5 Å². The van der Waals surface area contributed by atoms with Crippen molar-refractivity contribution in [2.75, 3.05) is 39.2 Å². The summed E-state index contributed by atoms with van der Waals surface area (Å²) in [7, 11) is 3.17. The van der Waals surface area contributed by atoms with Gasteiger partial charge in [-0.1, -0.05) is 30.3 Å². The highest BCUT2D eigenvalue weighted by atomic mass is 16.5. The number of carboxylic acids is 2. The van der Waals surface area contributed by atoms with Crippen LogP contribution in [-0.2, 0) is 27.5 Å². The minimum atomic E-state index is -1.82. The molecule has 4 aromatic rings. The third kappa shape index (κ3) is 8.71. The smallest absolute Gasteiger partial charge is 0.414 e. The number of imidazole rings is 1. The number of methoxy groups -OCH3 is 2. The highest BCUT2D eigenvalue weighted by molar-refractivity contribution is 6.27. The van der Waals surface area contributed by atoms with Crippen LogP contribution in [-0.4, -0.2) is 76.4 Å². The highest BCUT2D eigenvalue weighted by Gasteiger charge is 2.23. The number of benzene rings is 3. The van der Waals surface area contributed by atoms with E-state index in [-0.39, 0.29) is 5.91 Å². The van der Waals surface area contributed by atoms with Crippen molar-refractivity contribution in [2.45, 2.75) is 26.0 Å². The molecule has 0 radical (unpaired) electrons. The van der Waals surface area contributed by atoms with Gasteiger partial charge in [-0.3, -0.25) is 9.69 Å². The van der Waals surface area contributed by atoms with E-state index in [4.69, 9.17) is 39.0 Å². The lowest BCUT2D eigenvalue weighted by atomic mass is 9.96. The molecule has 0 bridgehead atoms. The largest absolute Gasteiger partial charge is 0.493 e. The number of carbonyl (C=O) groups is 3. The van der Waals surface area contributed by atoms with Gasteiger partial charge in [0.05, 0.1) is 31.8 Å². The zero-order chi connectivity index (χ0) is 31.5. The van der Waals surface area contributed by atoms with Crippen molar-refractivity contribution in [1.29, 1.82) is 0 Å². The lowest BCUT2D eigenvalue weighted by molar-refractivity contribution is -0.159. The molecule has 232 valence electrons. The number of amides is 1. The number of hydrogen-bond acceptors (Lipinski definition) is 8. The topological polar surface area (TPSA) is 152 Å². The summed E-state index contributed by atoms with van der Waals surface area (Å²) in [5, 5.41) is 17.8. The van der Waals surface area contributed by atoms with Crippen LogP contribution < -0.4 is 19.5 Å². The van der Waals surface area contributed by atoms with Gasteiger partial charge in [0.1, 0.15) is 18.2 Å². The second kappa shape index (κ2) is 15.4. The Morgan fingerprint density at radius 2 is 1.55 bits per heavy atom. The predicted octanol–water partition coefficient (Wildman–Crippen LogP) is 4.14. The number of aromatic nitrogens is 2. The van der Waals surface area contributed by atoms with Gasteiger partial charge < -0.3 is 34.3 Å². The number of anilines is 1. The molecular weight excluding hydrogens is 568 g/mol. The van der Waals surface area contributed by atoms with Crippen LogP contribution in [0.25, 0.3) is 11.0 Å². The molecule has 0 unspecified atom stereocenters. The molecule has 1 fully saturated rings. The van der Waals surface area contributed by atoms with Gasteiger partial charge in [0.15, 0.2) is 11.5 Å². The van der Waals surface area contributed by atoms with Crippen molar-refractivity contribution in [2.24, 2.45) is 5.92 Å². The standard InChI is InChI=1S/C30H34N4O4.C2H2O4/c1-36-27-13-12-23(18-28(27)37-2)31-30(35)20-33-16-14-22(15-17-33)19-34-26-11-7-6-10-25(26)32-29(34)21-38-24-8-4-3-5-9-24;3-1(4)2(5)6/h3-13,18,22H,14-17,19-21H2,1-2H3,(H,31,35);(H,3,4)(H,5,6). The molecule has 0 atom stereocenters. The molecule has 0 spiro atoms. The normalized spacial score (nSPS) is 13.4. The second-order valence-electron chi connectivity index (χ2n) is 10.2. The first-order chi connectivity index (χ1) is 21.3. The zero-order valence-corrected chi connectivity index (χ0v) is 24.6. The molecule has 0 saturated carbocycles. The third-order valence-corrected chi connectivity index (χ3v) is 7.21. The monoisotopic (exact) mass is 604 g/mol. The molecule has 1 saturated heterocycles. The molecule has 3 N–H and O–H groups in total. The van der Waals surface area contributed by atoms with E-state index in [9.17, 15) is 4.79 Å². The molecule has 1 amide bonds. The van der Waals surface area contributed by atoms with E-state index in [2.05, 4.69) is 33.0 Å². The lowest BCUT2D eigenvalue weighted by Crippen LogP contribution is -2.40. The van der Waals surface area contributed by atoms with Crippen molar-refractivity contribution in [3.63, 3.8) is 0 Å². The molecule has 3 aromatic carbocycles. The summed E-state index contributed by atoms with van der Waals surface area (Å²) in [6.07, 6.45) is 2.05. The van der Waals surface area contributed by atoms with Gasteiger partial charge in [-0.05, 0) is 68.2 Å². The minimum absolute atomic E-state index is 0.0309. The van der Waals surface area contributed by atoms with Crippen LogP contribution in [0.4, 0.5) is 5.69 Å². The van der Waals surface area contributed by atoms with Gasteiger partial charge in [-0.25, -0.2) is 14.6 Å². The maximum atomic E-state index is 12.7. The van der Waals surface area contributed by atoms with Crippen LogP contribution in [0.5, 0.6) is 17.2 Å². The fraction of sp³-hybridized carbons (Fsp3) is 0.312. The van der Waals surface area contributed by atoms with Crippen molar-refractivity contribution < 1.29 is 38.8 Å². The van der Waals surface area contributed by atoms with E-state index >= 15 is 0 Å². The molecule has 5 rings (SSSR count). The fourth-order valence-electron chi connectivity index (χ4n) is 5.01. The van der Waals surface area contributed by atoms with E-state index < -0.39 is 11.9 Å². The molecule has 2 heterocycles. The van der Waals surface area contributed by atoms with Crippen LogP contribution in [0, 0.1) is 5.92 Å². The van der Waals surface area contributed by atoms with Crippen LogP contribution in [0.15, 0.2) is 72.8 Å². The Morgan fingerprint density at radius 1 is 0.886 bits per heavy atom. The fourth-order valence-corrected chi connectivity index (χ4v) is 5.01. The second-order valence-corrected chi connectivity index (χ2v) is 10.2. The SMILES string of the molecule is COc1ccc(NC(=O)CN2CCC(Cn3c(COc4ccccc4)nc4ccccc43)CC2)cc1OC.O=C(O)C(=O)O. The number of likely N-dealkylation sites (tertiary alicyclic amines) is 1. The van der Waals surface area contributed by atoms with Crippen LogP contribution >= 0.6 is 0 Å². The number of piperidine rings is 1. The highest BCUT2D eigenvalue weighted by Crippen LogP contribution is 2.30.